The Balaban J connectivity index is 1.22. The van der Waals surface area contributed by atoms with E-state index in [0.717, 1.165) is 60.6 Å². The monoisotopic (exact) mass is 745 g/mol. The lowest BCUT2D eigenvalue weighted by molar-refractivity contribution is 0.954. The van der Waals surface area contributed by atoms with Crippen LogP contribution in [0.3, 0.4) is 0 Å². The molecular formula is C51H31N5S. The summed E-state index contributed by atoms with van der Waals surface area (Å²) in [4.78, 5) is 16.1. The Bertz CT molecular complexity index is 3520. The summed E-state index contributed by atoms with van der Waals surface area (Å²) < 4.78 is 7.14. The number of fused-ring (bicyclic) bond motifs is 10. The maximum absolute atomic E-state index is 5.46. The molecule has 4 aromatic heterocycles. The molecule has 0 spiro atoms. The van der Waals surface area contributed by atoms with E-state index in [4.69, 9.17) is 15.0 Å². The van der Waals surface area contributed by atoms with E-state index in [2.05, 4.69) is 179 Å². The van der Waals surface area contributed by atoms with E-state index >= 15 is 0 Å². The quantitative estimate of drug-likeness (QED) is 0.176. The smallest absolute Gasteiger partial charge is 0.238 e. The molecule has 0 unspecified atom stereocenters. The Morgan fingerprint density at radius 3 is 1.68 bits per heavy atom. The van der Waals surface area contributed by atoms with Gasteiger partial charge in [0.2, 0.25) is 5.95 Å². The highest BCUT2D eigenvalue weighted by molar-refractivity contribution is 7.25. The van der Waals surface area contributed by atoms with Crippen molar-refractivity contribution in [1.82, 2.24) is 24.1 Å². The average molecular weight is 746 g/mol. The Kier molecular flexibility index (Phi) is 7.03. The highest BCUT2D eigenvalue weighted by Gasteiger charge is 2.24. The van der Waals surface area contributed by atoms with Crippen LogP contribution in [0, 0.1) is 0 Å². The molecule has 6 heteroatoms. The molecule has 0 atom stereocenters. The number of benzene rings is 8. The second-order valence-electron chi connectivity index (χ2n) is 14.4. The highest BCUT2D eigenvalue weighted by Crippen LogP contribution is 2.43. The molecule has 12 rings (SSSR count). The van der Waals surface area contributed by atoms with Crippen LogP contribution in [0.2, 0.25) is 0 Å². The lowest BCUT2D eigenvalue weighted by Crippen LogP contribution is -2.07. The second kappa shape index (κ2) is 12.6. The van der Waals surface area contributed by atoms with Gasteiger partial charge in [0.15, 0.2) is 11.6 Å². The maximum atomic E-state index is 5.46. The summed E-state index contributed by atoms with van der Waals surface area (Å²) in [6, 6.07) is 66.7. The van der Waals surface area contributed by atoms with Gasteiger partial charge in [0.25, 0.3) is 0 Å². The molecule has 0 aliphatic heterocycles. The molecule has 0 aliphatic carbocycles. The van der Waals surface area contributed by atoms with Crippen LogP contribution in [0.4, 0.5) is 0 Å². The standard InChI is InChI=1S/C51H31N5S/c1-3-15-32(16-4-1)34-19-13-20-35(31-34)55-42-25-10-7-21-36(42)38-29-30-39-37-22-8-11-26-43(37)56(48(39)47(38)55)51-53-49(33-17-5-2-6-18-33)52-50(54-51)41-24-14-28-45-46(41)40-23-9-12-27-44(40)57-45/h1-31H. The van der Waals surface area contributed by atoms with Crippen LogP contribution in [0.5, 0.6) is 0 Å². The zero-order chi connectivity index (χ0) is 37.5. The molecule has 0 bridgehead atoms. The van der Waals surface area contributed by atoms with Crippen LogP contribution >= 0.6 is 11.3 Å². The van der Waals surface area contributed by atoms with Crippen molar-refractivity contribution >= 4 is 75.1 Å². The van der Waals surface area contributed by atoms with Crippen molar-refractivity contribution in [3.8, 4) is 45.5 Å². The Morgan fingerprint density at radius 2 is 0.930 bits per heavy atom. The minimum Gasteiger partial charge on any atom is -0.307 e. The van der Waals surface area contributed by atoms with Gasteiger partial charge in [-0.2, -0.15) is 9.97 Å². The molecule has 266 valence electrons. The predicted molar refractivity (Wildman–Crippen MR) is 238 cm³/mol. The summed E-state index contributed by atoms with van der Waals surface area (Å²) in [6.07, 6.45) is 0. The van der Waals surface area contributed by atoms with E-state index in [9.17, 15) is 0 Å². The normalized spacial score (nSPS) is 11.9. The molecule has 0 radical (unpaired) electrons. The van der Waals surface area contributed by atoms with Gasteiger partial charge in [0.05, 0.1) is 22.1 Å². The third-order valence-corrected chi connectivity index (χ3v) is 12.3. The van der Waals surface area contributed by atoms with Crippen molar-refractivity contribution in [2.75, 3.05) is 0 Å². The van der Waals surface area contributed by atoms with Gasteiger partial charge in [-0.25, -0.2) is 4.98 Å². The van der Waals surface area contributed by atoms with Gasteiger partial charge in [0, 0.05) is 58.5 Å². The first-order valence-electron chi connectivity index (χ1n) is 19.1. The highest BCUT2D eigenvalue weighted by atomic mass is 32.1. The van der Waals surface area contributed by atoms with Gasteiger partial charge in [-0.1, -0.05) is 152 Å². The molecule has 0 saturated heterocycles. The summed E-state index contributed by atoms with van der Waals surface area (Å²) in [6.45, 7) is 0. The molecule has 0 amide bonds. The van der Waals surface area contributed by atoms with E-state index in [-0.39, 0.29) is 0 Å². The molecule has 57 heavy (non-hydrogen) atoms. The first-order chi connectivity index (χ1) is 28.3. The van der Waals surface area contributed by atoms with Crippen molar-refractivity contribution in [1.29, 1.82) is 0 Å². The lowest BCUT2D eigenvalue weighted by atomic mass is 10.1. The van der Waals surface area contributed by atoms with Crippen LogP contribution in [0.1, 0.15) is 0 Å². The van der Waals surface area contributed by atoms with Gasteiger partial charge in [-0.3, -0.25) is 4.57 Å². The predicted octanol–water partition coefficient (Wildman–Crippen LogP) is 13.4. The molecule has 4 heterocycles. The fraction of sp³-hybridized carbons (Fsp3) is 0. The summed E-state index contributed by atoms with van der Waals surface area (Å²) in [5.41, 5.74) is 9.67. The summed E-state index contributed by atoms with van der Waals surface area (Å²) in [7, 11) is 0. The zero-order valence-corrected chi connectivity index (χ0v) is 31.4. The third-order valence-electron chi connectivity index (χ3n) is 11.2. The van der Waals surface area contributed by atoms with Crippen molar-refractivity contribution in [2.45, 2.75) is 0 Å². The largest absolute Gasteiger partial charge is 0.307 e. The van der Waals surface area contributed by atoms with Gasteiger partial charge in [-0.15, -0.1) is 11.3 Å². The number of hydrogen-bond donors (Lipinski definition) is 0. The summed E-state index contributed by atoms with van der Waals surface area (Å²) in [5, 5.41) is 7.00. The topological polar surface area (TPSA) is 48.5 Å². The van der Waals surface area contributed by atoms with E-state index in [0.29, 0.717) is 17.6 Å². The van der Waals surface area contributed by atoms with Gasteiger partial charge in [-0.05, 0) is 47.5 Å². The molecule has 5 nitrogen and oxygen atoms in total. The summed E-state index contributed by atoms with van der Waals surface area (Å²) in [5.74, 6) is 1.84. The van der Waals surface area contributed by atoms with Crippen LogP contribution in [-0.2, 0) is 0 Å². The molecule has 12 aromatic rings. The van der Waals surface area contributed by atoms with Crippen molar-refractivity contribution in [3.63, 3.8) is 0 Å². The van der Waals surface area contributed by atoms with Crippen molar-refractivity contribution in [2.24, 2.45) is 0 Å². The van der Waals surface area contributed by atoms with E-state index in [1.807, 2.05) is 18.2 Å². The fourth-order valence-corrected chi connectivity index (χ4v) is 9.83. The SMILES string of the molecule is c1ccc(-c2cccc(-n3c4ccccc4c4ccc5c6ccccc6n(-c6nc(-c7ccccc7)nc(-c7cccc8sc9ccccc9c78)n6)c5c43)c2)cc1. The van der Waals surface area contributed by atoms with E-state index in [1.54, 1.807) is 11.3 Å². The number of aromatic nitrogens is 5. The number of rotatable bonds is 5. The first-order valence-corrected chi connectivity index (χ1v) is 19.9. The van der Waals surface area contributed by atoms with Gasteiger partial charge in [0.1, 0.15) is 0 Å². The molecular weight excluding hydrogens is 715 g/mol. The van der Waals surface area contributed by atoms with E-state index in [1.165, 1.54) is 31.1 Å². The molecule has 8 aromatic carbocycles. The fourth-order valence-electron chi connectivity index (χ4n) is 8.69. The zero-order valence-electron chi connectivity index (χ0n) is 30.5. The minimum absolute atomic E-state index is 0.573. The maximum Gasteiger partial charge on any atom is 0.238 e. The van der Waals surface area contributed by atoms with E-state index < -0.39 is 0 Å². The lowest BCUT2D eigenvalue weighted by Gasteiger charge is -2.14. The number of nitrogens with zero attached hydrogens (tertiary/aromatic N) is 5. The van der Waals surface area contributed by atoms with Crippen molar-refractivity contribution < 1.29 is 0 Å². The van der Waals surface area contributed by atoms with Gasteiger partial charge < -0.3 is 4.57 Å². The minimum atomic E-state index is 0.573. The molecule has 0 N–H and O–H groups in total. The Labute approximate surface area is 331 Å². The van der Waals surface area contributed by atoms with Crippen molar-refractivity contribution in [3.05, 3.63) is 188 Å². The number of hydrogen-bond acceptors (Lipinski definition) is 4. The van der Waals surface area contributed by atoms with Crippen LogP contribution in [-0.4, -0.2) is 24.1 Å². The molecule has 0 saturated carbocycles. The Morgan fingerprint density at radius 1 is 0.368 bits per heavy atom. The average Bonchev–Trinajstić information content (AvgIpc) is 3.95. The summed E-state index contributed by atoms with van der Waals surface area (Å²) >= 11 is 1.80. The van der Waals surface area contributed by atoms with Gasteiger partial charge >= 0.3 is 0 Å². The Hall–Kier alpha value is -7.41. The second-order valence-corrected chi connectivity index (χ2v) is 15.5. The first kappa shape index (κ1) is 31.9. The van der Waals surface area contributed by atoms with Crippen LogP contribution in [0.25, 0.3) is 109 Å². The van der Waals surface area contributed by atoms with Crippen LogP contribution < -0.4 is 0 Å². The van der Waals surface area contributed by atoms with Crippen LogP contribution in [0.15, 0.2) is 188 Å². The number of thiophene rings is 1. The third kappa shape index (κ3) is 4.91. The number of para-hydroxylation sites is 2. The molecule has 0 aliphatic rings. The molecule has 0 fully saturated rings.